The van der Waals surface area contributed by atoms with Gasteiger partial charge in [0.05, 0.1) is 6.33 Å². The van der Waals surface area contributed by atoms with Crippen molar-refractivity contribution in [3.05, 3.63) is 12.7 Å². The third kappa shape index (κ3) is 4.13. The van der Waals surface area contributed by atoms with Crippen molar-refractivity contribution in [2.24, 2.45) is 0 Å². The number of amides is 2. The Morgan fingerprint density at radius 1 is 1.38 bits per heavy atom. The SMILES string of the molecule is CC(=O)NC(C(=O)NCCn1cnc2c(N)ncnc21)C(C)(C)S. The molecule has 130 valence electrons. The zero-order chi connectivity index (χ0) is 17.9. The summed E-state index contributed by atoms with van der Waals surface area (Å²) in [6.45, 7) is 5.69. The van der Waals surface area contributed by atoms with Gasteiger partial charge in [0.15, 0.2) is 11.5 Å². The molecular formula is C14H21N7O2S. The highest BCUT2D eigenvalue weighted by atomic mass is 32.1. The molecule has 24 heavy (non-hydrogen) atoms. The number of rotatable bonds is 6. The minimum atomic E-state index is -0.740. The van der Waals surface area contributed by atoms with Crippen molar-refractivity contribution in [3.63, 3.8) is 0 Å². The van der Waals surface area contributed by atoms with Gasteiger partial charge in [-0.2, -0.15) is 12.6 Å². The Morgan fingerprint density at radius 2 is 2.08 bits per heavy atom. The molecule has 2 heterocycles. The molecule has 0 bridgehead atoms. The van der Waals surface area contributed by atoms with Gasteiger partial charge in [-0.15, -0.1) is 0 Å². The maximum Gasteiger partial charge on any atom is 0.244 e. The minimum Gasteiger partial charge on any atom is -0.382 e. The van der Waals surface area contributed by atoms with Crippen LogP contribution in [0.15, 0.2) is 12.7 Å². The van der Waals surface area contributed by atoms with Crippen LogP contribution in [0.2, 0.25) is 0 Å². The van der Waals surface area contributed by atoms with Crippen LogP contribution in [-0.2, 0) is 16.1 Å². The zero-order valence-corrected chi connectivity index (χ0v) is 14.7. The molecule has 0 radical (unpaired) electrons. The summed E-state index contributed by atoms with van der Waals surface area (Å²) >= 11 is 4.38. The van der Waals surface area contributed by atoms with E-state index in [4.69, 9.17) is 5.73 Å². The lowest BCUT2D eigenvalue weighted by molar-refractivity contribution is -0.128. The maximum absolute atomic E-state index is 12.3. The molecule has 2 amide bonds. The largest absolute Gasteiger partial charge is 0.382 e. The molecule has 0 aliphatic heterocycles. The lowest BCUT2D eigenvalue weighted by Crippen LogP contribution is -2.55. The van der Waals surface area contributed by atoms with Crippen LogP contribution in [0.4, 0.5) is 5.82 Å². The molecule has 0 saturated carbocycles. The van der Waals surface area contributed by atoms with Crippen molar-refractivity contribution in [1.29, 1.82) is 0 Å². The molecule has 0 saturated heterocycles. The third-order valence-corrected chi connectivity index (χ3v) is 3.66. The maximum atomic E-state index is 12.3. The first-order valence-corrected chi connectivity index (χ1v) is 7.83. The second-order valence-corrected chi connectivity index (χ2v) is 7.10. The molecule has 2 rings (SSSR count). The summed E-state index contributed by atoms with van der Waals surface area (Å²) in [7, 11) is 0. The monoisotopic (exact) mass is 351 g/mol. The van der Waals surface area contributed by atoms with Crippen molar-refractivity contribution in [2.45, 2.75) is 38.1 Å². The Kier molecular flexibility index (Phi) is 5.27. The molecule has 4 N–H and O–H groups in total. The van der Waals surface area contributed by atoms with Gasteiger partial charge in [-0.1, -0.05) is 0 Å². The standard InChI is InChI=1S/C14H21N7O2S/c1-8(22)20-10(14(2,3)24)13(23)16-4-5-21-7-19-9-11(15)17-6-18-12(9)21/h6-7,10,24H,4-5H2,1-3H3,(H,16,23)(H,20,22)(H2,15,17,18). The van der Waals surface area contributed by atoms with Crippen LogP contribution < -0.4 is 16.4 Å². The Balaban J connectivity index is 2.00. The molecule has 0 fully saturated rings. The van der Waals surface area contributed by atoms with Gasteiger partial charge >= 0.3 is 0 Å². The predicted molar refractivity (Wildman–Crippen MR) is 93.4 cm³/mol. The number of nitrogen functional groups attached to an aromatic ring is 1. The van der Waals surface area contributed by atoms with Crippen LogP contribution in [0.5, 0.6) is 0 Å². The van der Waals surface area contributed by atoms with Gasteiger partial charge < -0.3 is 20.9 Å². The van der Waals surface area contributed by atoms with Crippen molar-refractivity contribution < 1.29 is 9.59 Å². The Bertz CT molecular complexity index is 753. The molecular weight excluding hydrogens is 330 g/mol. The second-order valence-electron chi connectivity index (χ2n) is 5.95. The van der Waals surface area contributed by atoms with E-state index in [2.05, 4.69) is 38.2 Å². The fraction of sp³-hybridized carbons (Fsp3) is 0.500. The lowest BCUT2D eigenvalue weighted by Gasteiger charge is -2.29. The zero-order valence-electron chi connectivity index (χ0n) is 13.8. The van der Waals surface area contributed by atoms with Gasteiger partial charge in [0.2, 0.25) is 11.8 Å². The number of hydrogen-bond donors (Lipinski definition) is 4. The highest BCUT2D eigenvalue weighted by Gasteiger charge is 2.32. The molecule has 2 aromatic heterocycles. The van der Waals surface area contributed by atoms with Crippen molar-refractivity contribution in [2.75, 3.05) is 12.3 Å². The van der Waals surface area contributed by atoms with Crippen LogP contribution >= 0.6 is 12.6 Å². The smallest absolute Gasteiger partial charge is 0.244 e. The summed E-state index contributed by atoms with van der Waals surface area (Å²) in [5.41, 5.74) is 6.86. The number of imidazole rings is 1. The molecule has 9 nitrogen and oxygen atoms in total. The van der Waals surface area contributed by atoms with E-state index in [-0.39, 0.29) is 11.8 Å². The molecule has 0 aliphatic rings. The Labute approximate surface area is 144 Å². The van der Waals surface area contributed by atoms with E-state index in [1.54, 1.807) is 24.7 Å². The van der Waals surface area contributed by atoms with Crippen LogP contribution in [0.25, 0.3) is 11.2 Å². The molecule has 1 atom stereocenters. The number of carbonyl (C=O) groups is 2. The quantitative estimate of drug-likeness (QED) is 0.531. The van der Waals surface area contributed by atoms with E-state index >= 15 is 0 Å². The average Bonchev–Trinajstić information content (AvgIpc) is 2.88. The highest BCUT2D eigenvalue weighted by molar-refractivity contribution is 7.81. The normalized spacial score (nSPS) is 12.8. The van der Waals surface area contributed by atoms with Crippen LogP contribution in [0.3, 0.4) is 0 Å². The van der Waals surface area contributed by atoms with Crippen molar-refractivity contribution in [1.82, 2.24) is 30.2 Å². The van der Waals surface area contributed by atoms with Gasteiger partial charge in [0.1, 0.15) is 17.9 Å². The number of nitrogens with zero attached hydrogens (tertiary/aromatic N) is 4. The fourth-order valence-electron chi connectivity index (χ4n) is 2.23. The molecule has 1 unspecified atom stereocenters. The Hall–Kier alpha value is -2.36. The van der Waals surface area contributed by atoms with E-state index in [0.29, 0.717) is 30.1 Å². The summed E-state index contributed by atoms with van der Waals surface area (Å²) < 4.78 is 1.08. The van der Waals surface area contributed by atoms with Gasteiger partial charge in [-0.25, -0.2) is 15.0 Å². The first-order valence-electron chi connectivity index (χ1n) is 7.38. The first kappa shape index (κ1) is 18.0. The Morgan fingerprint density at radius 3 is 2.71 bits per heavy atom. The number of fused-ring (bicyclic) bond motifs is 1. The minimum absolute atomic E-state index is 0.287. The molecule has 0 aromatic carbocycles. The number of aromatic nitrogens is 4. The fourth-order valence-corrected chi connectivity index (χ4v) is 2.41. The van der Waals surface area contributed by atoms with Gasteiger partial charge in [0, 0.05) is 24.8 Å². The van der Waals surface area contributed by atoms with Crippen LogP contribution in [-0.4, -0.2) is 48.7 Å². The summed E-state index contributed by atoms with van der Waals surface area (Å²) in [6.07, 6.45) is 2.96. The number of nitrogens with two attached hydrogens (primary N) is 1. The second kappa shape index (κ2) is 7.04. The van der Waals surface area contributed by atoms with Crippen LogP contribution in [0.1, 0.15) is 20.8 Å². The number of hydrogen-bond acceptors (Lipinski definition) is 7. The molecule has 10 heteroatoms. The first-order chi connectivity index (χ1) is 11.2. The molecule has 0 spiro atoms. The number of nitrogens with one attached hydrogen (secondary N) is 2. The van der Waals surface area contributed by atoms with Crippen LogP contribution in [0, 0.1) is 0 Å². The lowest BCUT2D eigenvalue weighted by atomic mass is 10.0. The summed E-state index contributed by atoms with van der Waals surface area (Å²) in [4.78, 5) is 35.8. The van der Waals surface area contributed by atoms with Crippen molar-refractivity contribution in [3.8, 4) is 0 Å². The number of carbonyl (C=O) groups excluding carboxylic acids is 2. The molecule has 0 aliphatic carbocycles. The van der Waals surface area contributed by atoms with E-state index in [1.807, 2.05) is 0 Å². The summed E-state index contributed by atoms with van der Waals surface area (Å²) in [5.74, 6) is -0.279. The van der Waals surface area contributed by atoms with Gasteiger partial charge in [-0.3, -0.25) is 9.59 Å². The van der Waals surface area contributed by atoms with Gasteiger partial charge in [-0.05, 0) is 13.8 Å². The predicted octanol–water partition coefficient (Wildman–Crippen LogP) is -0.262. The molecule has 2 aromatic rings. The summed E-state index contributed by atoms with van der Waals surface area (Å²) in [5, 5.41) is 5.40. The highest BCUT2D eigenvalue weighted by Crippen LogP contribution is 2.18. The number of anilines is 1. The number of thiol groups is 1. The van der Waals surface area contributed by atoms with E-state index < -0.39 is 10.8 Å². The summed E-state index contributed by atoms with van der Waals surface area (Å²) in [6, 6.07) is -0.740. The van der Waals surface area contributed by atoms with Gasteiger partial charge in [0.25, 0.3) is 0 Å². The topological polar surface area (TPSA) is 128 Å². The average molecular weight is 351 g/mol. The van der Waals surface area contributed by atoms with E-state index in [9.17, 15) is 9.59 Å². The van der Waals surface area contributed by atoms with E-state index in [0.717, 1.165) is 0 Å². The third-order valence-electron chi connectivity index (χ3n) is 3.40. The van der Waals surface area contributed by atoms with E-state index in [1.165, 1.54) is 13.3 Å². The van der Waals surface area contributed by atoms with Crippen molar-refractivity contribution >= 4 is 41.4 Å².